The second kappa shape index (κ2) is 8.99. The van der Waals surface area contributed by atoms with Crippen LogP contribution < -0.4 is 14.8 Å². The summed E-state index contributed by atoms with van der Waals surface area (Å²) in [4.78, 5) is 11.6. The van der Waals surface area contributed by atoms with E-state index >= 15 is 0 Å². The Kier molecular flexibility index (Phi) is 6.27. The number of hydrogen-bond donors (Lipinski definition) is 1. The van der Waals surface area contributed by atoms with Gasteiger partial charge in [-0.3, -0.25) is 0 Å². The summed E-state index contributed by atoms with van der Waals surface area (Å²) in [6.07, 6.45) is 1.22. The highest BCUT2D eigenvalue weighted by Crippen LogP contribution is 2.37. The second-order valence-corrected chi connectivity index (χ2v) is 10.8. The van der Waals surface area contributed by atoms with E-state index in [1.165, 1.54) is 6.26 Å². The van der Waals surface area contributed by atoms with Crippen LogP contribution in [0.1, 0.15) is 23.7 Å². The van der Waals surface area contributed by atoms with Gasteiger partial charge in [0.05, 0.1) is 30.7 Å². The van der Waals surface area contributed by atoms with E-state index < -0.39 is 9.84 Å². The number of nitrogens with one attached hydrogen (secondary N) is 1. The summed E-state index contributed by atoms with van der Waals surface area (Å²) in [5.74, 6) is 2.58. The summed E-state index contributed by atoms with van der Waals surface area (Å²) in [6.45, 7) is 3.91. The lowest BCUT2D eigenvalue weighted by atomic mass is 10.1. The van der Waals surface area contributed by atoms with Crippen LogP contribution in [0.2, 0.25) is 0 Å². The first-order valence-electron chi connectivity index (χ1n) is 10.3. The monoisotopic (exact) mass is 483 g/mol. The van der Waals surface area contributed by atoms with Crippen LogP contribution in [0.15, 0.2) is 53.4 Å². The predicted octanol–water partition coefficient (Wildman–Crippen LogP) is 5.26. The first-order chi connectivity index (χ1) is 15.7. The van der Waals surface area contributed by atoms with Gasteiger partial charge in [0.1, 0.15) is 11.6 Å². The largest absolute Gasteiger partial charge is 0.493 e. The number of methoxy groups -OCH3 is 2. The van der Waals surface area contributed by atoms with Gasteiger partial charge in [-0.15, -0.1) is 11.3 Å². The molecule has 0 saturated carbocycles. The molecule has 0 saturated heterocycles. The molecule has 0 aliphatic rings. The van der Waals surface area contributed by atoms with E-state index in [9.17, 15) is 8.42 Å². The first kappa shape index (κ1) is 23.0. The van der Waals surface area contributed by atoms with Gasteiger partial charge in [0, 0.05) is 27.5 Å². The molecule has 2 aromatic carbocycles. The Hall–Kier alpha value is -3.17. The number of benzene rings is 2. The van der Waals surface area contributed by atoms with E-state index in [2.05, 4.69) is 22.2 Å². The van der Waals surface area contributed by atoms with E-state index in [4.69, 9.17) is 9.47 Å². The molecule has 1 atom stereocenters. The molecule has 4 rings (SSSR count). The average molecular weight is 484 g/mol. The Labute approximate surface area is 197 Å². The molecule has 7 nitrogen and oxygen atoms in total. The van der Waals surface area contributed by atoms with E-state index in [1.807, 2.05) is 37.3 Å². The molecule has 0 spiro atoms. The minimum Gasteiger partial charge on any atom is -0.493 e. The lowest BCUT2D eigenvalue weighted by Crippen LogP contribution is -2.08. The van der Waals surface area contributed by atoms with Gasteiger partial charge in [-0.05, 0) is 49.7 Å². The normalized spacial score (nSPS) is 12.5. The zero-order valence-electron chi connectivity index (χ0n) is 19.0. The summed E-state index contributed by atoms with van der Waals surface area (Å²) in [6, 6.07) is 14.8. The van der Waals surface area contributed by atoms with Crippen molar-refractivity contribution in [1.82, 2.24) is 9.97 Å². The smallest absolute Gasteiger partial charge is 0.175 e. The molecule has 0 unspecified atom stereocenters. The van der Waals surface area contributed by atoms with Crippen LogP contribution in [0.3, 0.4) is 0 Å². The van der Waals surface area contributed by atoms with Crippen molar-refractivity contribution in [2.24, 2.45) is 0 Å². The molecule has 0 bridgehead atoms. The molecule has 0 fully saturated rings. The molecule has 172 valence electrons. The number of anilines is 1. The fourth-order valence-corrected chi connectivity index (χ4v) is 5.25. The molecule has 2 heterocycles. The first-order valence-corrected chi connectivity index (χ1v) is 13.0. The van der Waals surface area contributed by atoms with E-state index in [0.717, 1.165) is 26.2 Å². The molecule has 0 aliphatic heterocycles. The highest BCUT2D eigenvalue weighted by molar-refractivity contribution is 7.90. The van der Waals surface area contributed by atoms with Crippen LogP contribution in [-0.2, 0) is 9.84 Å². The van der Waals surface area contributed by atoms with E-state index in [-0.39, 0.29) is 6.04 Å². The third kappa shape index (κ3) is 4.79. The number of hydrogen-bond acceptors (Lipinski definition) is 8. The minimum atomic E-state index is -3.26. The summed E-state index contributed by atoms with van der Waals surface area (Å²) in [5, 5.41) is 4.33. The zero-order chi connectivity index (χ0) is 23.8. The number of aromatic nitrogens is 2. The number of nitrogens with zero attached hydrogens (tertiary/aromatic N) is 2. The highest BCUT2D eigenvalue weighted by Gasteiger charge is 2.16. The third-order valence-electron chi connectivity index (χ3n) is 5.27. The molecule has 9 heteroatoms. The van der Waals surface area contributed by atoms with E-state index in [1.54, 1.807) is 43.8 Å². The number of sulfone groups is 1. The van der Waals surface area contributed by atoms with Crippen molar-refractivity contribution in [1.29, 1.82) is 0 Å². The van der Waals surface area contributed by atoms with Crippen molar-refractivity contribution in [3.8, 4) is 21.9 Å². The van der Waals surface area contributed by atoms with Crippen molar-refractivity contribution < 1.29 is 17.9 Å². The van der Waals surface area contributed by atoms with E-state index in [0.29, 0.717) is 28.0 Å². The molecular formula is C24H25N3O4S2. The van der Waals surface area contributed by atoms with Crippen molar-refractivity contribution in [3.63, 3.8) is 0 Å². The number of thiophene rings is 1. The van der Waals surface area contributed by atoms with Crippen molar-refractivity contribution >= 4 is 37.9 Å². The molecule has 0 amide bonds. The van der Waals surface area contributed by atoms with Gasteiger partial charge < -0.3 is 14.8 Å². The molecule has 0 radical (unpaired) electrons. The van der Waals surface area contributed by atoms with Gasteiger partial charge in [0.15, 0.2) is 21.3 Å². The van der Waals surface area contributed by atoms with Gasteiger partial charge in [-0.25, -0.2) is 18.4 Å². The number of fused-ring (bicyclic) bond motifs is 1. The maximum Gasteiger partial charge on any atom is 0.175 e. The minimum absolute atomic E-state index is 0.0348. The Morgan fingerprint density at radius 1 is 1.00 bits per heavy atom. The van der Waals surface area contributed by atoms with Crippen LogP contribution >= 0.6 is 11.3 Å². The zero-order valence-corrected chi connectivity index (χ0v) is 20.7. The van der Waals surface area contributed by atoms with Crippen LogP contribution in [0.25, 0.3) is 21.3 Å². The van der Waals surface area contributed by atoms with Crippen LogP contribution in [0.4, 0.5) is 5.82 Å². The lowest BCUT2D eigenvalue weighted by molar-refractivity contribution is 0.356. The number of rotatable bonds is 7. The second-order valence-electron chi connectivity index (χ2n) is 7.71. The Morgan fingerprint density at radius 2 is 1.73 bits per heavy atom. The van der Waals surface area contributed by atoms with Crippen LogP contribution in [-0.4, -0.2) is 38.9 Å². The quantitative estimate of drug-likeness (QED) is 0.383. The number of aryl methyl sites for hydroxylation is 1. The molecule has 1 N–H and O–H groups in total. The maximum absolute atomic E-state index is 11.9. The van der Waals surface area contributed by atoms with Crippen LogP contribution in [0, 0.1) is 6.92 Å². The Morgan fingerprint density at radius 3 is 2.42 bits per heavy atom. The molecule has 2 aromatic heterocycles. The van der Waals surface area contributed by atoms with Crippen molar-refractivity contribution in [2.45, 2.75) is 24.8 Å². The topological polar surface area (TPSA) is 90.4 Å². The Balaban J connectivity index is 1.66. The molecular weight excluding hydrogens is 458 g/mol. The lowest BCUT2D eigenvalue weighted by Gasteiger charge is -2.16. The summed E-state index contributed by atoms with van der Waals surface area (Å²) in [7, 11) is -0.0665. The van der Waals surface area contributed by atoms with Gasteiger partial charge in [-0.2, -0.15) is 0 Å². The highest BCUT2D eigenvalue weighted by atomic mass is 32.2. The predicted molar refractivity (Wildman–Crippen MR) is 132 cm³/mol. The third-order valence-corrected chi connectivity index (χ3v) is 7.69. The Bertz CT molecular complexity index is 1430. The van der Waals surface area contributed by atoms with Crippen molar-refractivity contribution in [2.75, 3.05) is 25.8 Å². The van der Waals surface area contributed by atoms with Gasteiger partial charge in [0.25, 0.3) is 0 Å². The fraction of sp³-hybridized carbons (Fsp3) is 0.250. The standard InChI is InChI=1S/C24H25N3O4S2/c1-14(22-9-10-23(32-22)16-7-6-8-17(11-16)33(5,28)29)25-24-18-12-20(30-3)21(31-4)13-19(18)26-15(2)27-24/h6-14H,1-5H3,(H,25,26,27)/t14-/m0/s1. The van der Waals surface area contributed by atoms with Crippen LogP contribution in [0.5, 0.6) is 11.5 Å². The maximum atomic E-state index is 11.9. The summed E-state index contributed by atoms with van der Waals surface area (Å²) >= 11 is 1.61. The number of ether oxygens (including phenoxy) is 2. The summed E-state index contributed by atoms with van der Waals surface area (Å²) in [5.41, 5.74) is 1.64. The molecule has 0 aliphatic carbocycles. The van der Waals surface area contributed by atoms with Gasteiger partial charge >= 0.3 is 0 Å². The van der Waals surface area contributed by atoms with Gasteiger partial charge in [-0.1, -0.05) is 12.1 Å². The van der Waals surface area contributed by atoms with Crippen molar-refractivity contribution in [3.05, 3.63) is 59.2 Å². The molecule has 33 heavy (non-hydrogen) atoms. The fourth-order valence-electron chi connectivity index (χ4n) is 3.58. The summed E-state index contributed by atoms with van der Waals surface area (Å²) < 4.78 is 34.7. The average Bonchev–Trinajstić information content (AvgIpc) is 3.28. The van der Waals surface area contributed by atoms with Gasteiger partial charge in [0.2, 0.25) is 0 Å². The molecule has 4 aromatic rings. The SMILES string of the molecule is COc1cc2nc(C)nc(N[C@@H](C)c3ccc(-c4cccc(S(C)(=O)=O)c4)s3)c2cc1OC.